The van der Waals surface area contributed by atoms with Gasteiger partial charge in [0.2, 0.25) is 11.5 Å². The highest BCUT2D eigenvalue weighted by atomic mass is 35.5. The van der Waals surface area contributed by atoms with Gasteiger partial charge in [-0.05, 0) is 37.1 Å². The quantitative estimate of drug-likeness (QED) is 0.381. The molecule has 10 heteroatoms. The number of nitro benzene ring substituents is 1. The molecule has 6 nitrogen and oxygen atoms in total. The molecule has 1 unspecified atom stereocenters. The van der Waals surface area contributed by atoms with Gasteiger partial charge in [-0.25, -0.2) is 4.99 Å². The average molecular weight is 435 g/mol. The third-order valence-electron chi connectivity index (χ3n) is 4.67. The fourth-order valence-corrected chi connectivity index (χ4v) is 3.19. The number of fused-ring (bicyclic) bond motifs is 1. The summed E-state index contributed by atoms with van der Waals surface area (Å²) in [6.07, 6.45) is -3.32. The Balaban J connectivity index is 1.83. The van der Waals surface area contributed by atoms with Crippen LogP contribution in [0.1, 0.15) is 18.4 Å². The van der Waals surface area contributed by atoms with Crippen molar-refractivity contribution in [2.75, 3.05) is 10.6 Å². The Labute approximate surface area is 174 Å². The van der Waals surface area contributed by atoms with Crippen LogP contribution in [0.3, 0.4) is 0 Å². The zero-order chi connectivity index (χ0) is 21.5. The lowest BCUT2D eigenvalue weighted by Gasteiger charge is -2.34. The Bertz CT molecular complexity index is 1120. The van der Waals surface area contributed by atoms with Gasteiger partial charge in [0.15, 0.2) is 0 Å². The summed E-state index contributed by atoms with van der Waals surface area (Å²) in [5.41, 5.74) is -2.87. The number of hydrogen-bond donors (Lipinski definition) is 2. The van der Waals surface area contributed by atoms with Crippen LogP contribution < -0.4 is 10.6 Å². The lowest BCUT2D eigenvalue weighted by atomic mass is 9.87. The first-order valence-corrected chi connectivity index (χ1v) is 9.33. The summed E-state index contributed by atoms with van der Waals surface area (Å²) in [7, 11) is 0. The summed E-state index contributed by atoms with van der Waals surface area (Å²) >= 11 is 5.97. The van der Waals surface area contributed by atoms with Crippen molar-refractivity contribution in [2.45, 2.75) is 24.6 Å². The first-order valence-electron chi connectivity index (χ1n) is 8.96. The first-order chi connectivity index (χ1) is 14.2. The number of halogens is 4. The maximum Gasteiger partial charge on any atom is 0.429 e. The molecular formula is C20H14ClF3N4O2. The van der Waals surface area contributed by atoms with Gasteiger partial charge in [0, 0.05) is 40.0 Å². The highest BCUT2D eigenvalue weighted by Crippen LogP contribution is 2.48. The fourth-order valence-electron chi connectivity index (χ4n) is 3.02. The second kappa shape index (κ2) is 7.22. The number of rotatable bonds is 2. The molecule has 0 aromatic heterocycles. The second-order valence-corrected chi connectivity index (χ2v) is 7.40. The van der Waals surface area contributed by atoms with Gasteiger partial charge >= 0.3 is 6.18 Å². The average Bonchev–Trinajstić information content (AvgIpc) is 3.50. The highest BCUT2D eigenvalue weighted by Gasteiger charge is 2.58. The van der Waals surface area contributed by atoms with Gasteiger partial charge in [0.1, 0.15) is 0 Å². The number of benzene rings is 2. The van der Waals surface area contributed by atoms with Crippen molar-refractivity contribution in [3.63, 3.8) is 0 Å². The largest absolute Gasteiger partial charge is 0.429 e. The predicted molar refractivity (Wildman–Crippen MR) is 107 cm³/mol. The van der Waals surface area contributed by atoms with Gasteiger partial charge in [-0.2, -0.15) is 13.2 Å². The molecule has 0 bridgehead atoms. The van der Waals surface area contributed by atoms with Crippen LogP contribution in [0.4, 0.5) is 30.2 Å². The van der Waals surface area contributed by atoms with Crippen molar-refractivity contribution in [1.29, 1.82) is 0 Å². The van der Waals surface area contributed by atoms with Crippen LogP contribution in [-0.4, -0.2) is 17.1 Å². The SMILES string of the molecule is O=[N+]([O-])c1cccc(NC2=NC(C#CC3CC3)(C(F)(F)F)c3cc(Cl)ccc3N2)c1. The molecule has 2 aromatic rings. The van der Waals surface area contributed by atoms with Gasteiger partial charge in [-0.1, -0.05) is 29.5 Å². The summed E-state index contributed by atoms with van der Waals surface area (Å²) in [4.78, 5) is 14.3. The minimum Gasteiger partial charge on any atom is -0.326 e. The summed E-state index contributed by atoms with van der Waals surface area (Å²) in [5, 5.41) is 16.6. The van der Waals surface area contributed by atoms with Crippen molar-refractivity contribution in [3.05, 3.63) is 63.2 Å². The summed E-state index contributed by atoms with van der Waals surface area (Å²) in [5.74, 6) is 4.73. The Morgan fingerprint density at radius 2 is 2.03 bits per heavy atom. The zero-order valence-corrected chi connectivity index (χ0v) is 16.0. The molecule has 30 heavy (non-hydrogen) atoms. The van der Waals surface area contributed by atoms with E-state index in [1.807, 2.05) is 0 Å². The van der Waals surface area contributed by atoms with Gasteiger partial charge < -0.3 is 10.6 Å². The van der Waals surface area contributed by atoms with Crippen LogP contribution >= 0.6 is 11.6 Å². The number of nitro groups is 1. The molecule has 1 heterocycles. The van der Waals surface area contributed by atoms with E-state index in [0.29, 0.717) is 0 Å². The molecule has 1 atom stereocenters. The van der Waals surface area contributed by atoms with Gasteiger partial charge in [0.25, 0.3) is 5.69 Å². The van der Waals surface area contributed by atoms with Gasteiger partial charge in [0.05, 0.1) is 4.92 Å². The molecule has 2 N–H and O–H groups in total. The van der Waals surface area contributed by atoms with Crippen LogP contribution in [0, 0.1) is 27.9 Å². The number of alkyl halides is 3. The molecule has 1 aliphatic carbocycles. The lowest BCUT2D eigenvalue weighted by molar-refractivity contribution is -0.384. The van der Waals surface area contributed by atoms with Crippen LogP contribution in [-0.2, 0) is 5.54 Å². The van der Waals surface area contributed by atoms with E-state index in [4.69, 9.17) is 11.6 Å². The van der Waals surface area contributed by atoms with Crippen molar-refractivity contribution >= 4 is 34.6 Å². The number of aliphatic imine (C=N–C) groups is 1. The smallest absolute Gasteiger partial charge is 0.326 e. The first kappa shape index (κ1) is 20.0. The molecule has 0 saturated heterocycles. The van der Waals surface area contributed by atoms with E-state index in [2.05, 4.69) is 27.5 Å². The van der Waals surface area contributed by atoms with Gasteiger partial charge in [-0.3, -0.25) is 10.1 Å². The summed E-state index contributed by atoms with van der Waals surface area (Å²) in [6, 6.07) is 9.46. The van der Waals surface area contributed by atoms with Crippen molar-refractivity contribution < 1.29 is 18.1 Å². The van der Waals surface area contributed by atoms with E-state index in [1.54, 1.807) is 0 Å². The molecule has 0 spiro atoms. The van der Waals surface area contributed by atoms with Crippen LogP contribution in [0.15, 0.2) is 47.5 Å². The van der Waals surface area contributed by atoms with Crippen molar-refractivity contribution in [3.8, 4) is 11.8 Å². The van der Waals surface area contributed by atoms with E-state index in [1.165, 1.54) is 42.5 Å². The minimum atomic E-state index is -4.83. The van der Waals surface area contributed by atoms with E-state index in [9.17, 15) is 23.3 Å². The number of non-ortho nitro benzene ring substituents is 1. The van der Waals surface area contributed by atoms with Crippen molar-refractivity contribution in [1.82, 2.24) is 0 Å². The highest BCUT2D eigenvalue weighted by molar-refractivity contribution is 6.30. The topological polar surface area (TPSA) is 79.6 Å². The molecular weight excluding hydrogens is 421 g/mol. The summed E-state index contributed by atoms with van der Waals surface area (Å²) < 4.78 is 43.1. The Kier molecular flexibility index (Phi) is 4.82. The molecule has 1 fully saturated rings. The van der Waals surface area contributed by atoms with E-state index < -0.39 is 16.6 Å². The maximum atomic E-state index is 14.4. The maximum absolute atomic E-state index is 14.4. The second-order valence-electron chi connectivity index (χ2n) is 6.96. The number of nitrogens with zero attached hydrogens (tertiary/aromatic N) is 2. The third-order valence-corrected chi connectivity index (χ3v) is 4.90. The van der Waals surface area contributed by atoms with Crippen LogP contribution in [0.25, 0.3) is 0 Å². The fraction of sp³-hybridized carbons (Fsp3) is 0.250. The van der Waals surface area contributed by atoms with Crippen molar-refractivity contribution in [2.24, 2.45) is 10.9 Å². The van der Waals surface area contributed by atoms with Crippen LogP contribution in [0.2, 0.25) is 5.02 Å². The normalized spacial score (nSPS) is 20.2. The Morgan fingerprint density at radius 3 is 2.70 bits per heavy atom. The Morgan fingerprint density at radius 1 is 1.27 bits per heavy atom. The third kappa shape index (κ3) is 3.78. The molecule has 4 rings (SSSR count). The standard InChI is InChI=1S/C20H14ClF3N4O2/c21-13-6-7-17-16(10-13)19(20(22,23)24,9-8-12-4-5-12)27-18(26-17)25-14-2-1-3-15(11-14)28(29)30/h1-3,6-7,10-12H,4-5H2,(H2,25,26,27). The van der Waals surface area contributed by atoms with Gasteiger partial charge in [-0.15, -0.1) is 0 Å². The monoisotopic (exact) mass is 434 g/mol. The zero-order valence-electron chi connectivity index (χ0n) is 15.3. The van der Waals surface area contributed by atoms with Crippen LogP contribution in [0.5, 0.6) is 0 Å². The predicted octanol–water partition coefficient (Wildman–Crippen LogP) is 5.31. The molecule has 1 saturated carbocycles. The number of nitrogens with one attached hydrogen (secondary N) is 2. The molecule has 1 aliphatic heterocycles. The number of anilines is 2. The van der Waals surface area contributed by atoms with E-state index >= 15 is 0 Å². The van der Waals surface area contributed by atoms with E-state index in [0.717, 1.165) is 12.8 Å². The van der Waals surface area contributed by atoms with E-state index in [-0.39, 0.29) is 39.5 Å². The molecule has 154 valence electrons. The molecule has 0 radical (unpaired) electrons. The number of hydrogen-bond acceptors (Lipinski definition) is 5. The Hall–Kier alpha value is -3.25. The minimum absolute atomic E-state index is 0.0786. The molecule has 2 aliphatic rings. The number of guanidine groups is 1. The molecule has 0 amide bonds. The molecule has 2 aromatic carbocycles. The summed E-state index contributed by atoms with van der Waals surface area (Å²) in [6.45, 7) is 0. The lowest BCUT2D eigenvalue weighted by Crippen LogP contribution is -2.45.